The summed E-state index contributed by atoms with van der Waals surface area (Å²) in [7, 11) is 1.99. The van der Waals surface area contributed by atoms with Crippen LogP contribution in [-0.4, -0.2) is 15.6 Å². The molecule has 14 heavy (non-hydrogen) atoms. The largest absolute Gasteiger partial charge is 0.481 e. The average Bonchev–Trinajstić information content (AvgIpc) is 2.61. The summed E-state index contributed by atoms with van der Waals surface area (Å²) in [6.45, 7) is 1.80. The summed E-state index contributed by atoms with van der Waals surface area (Å²) in [6.07, 6.45) is 6.17. The van der Waals surface area contributed by atoms with Crippen molar-refractivity contribution in [3.05, 3.63) is 23.5 Å². The van der Waals surface area contributed by atoms with Crippen LogP contribution >= 0.6 is 0 Å². The van der Waals surface area contributed by atoms with Crippen LogP contribution in [0.5, 0.6) is 0 Å². The lowest BCUT2D eigenvalue weighted by atomic mass is 9.90. The van der Waals surface area contributed by atoms with E-state index < -0.39 is 5.97 Å². The lowest BCUT2D eigenvalue weighted by Gasteiger charge is -2.14. The van der Waals surface area contributed by atoms with Crippen LogP contribution < -0.4 is 0 Å². The molecule has 0 aliphatic heterocycles. The highest BCUT2D eigenvalue weighted by atomic mass is 16.4. The van der Waals surface area contributed by atoms with Crippen LogP contribution in [0.2, 0.25) is 0 Å². The van der Waals surface area contributed by atoms with Gasteiger partial charge in [0.25, 0.3) is 0 Å². The van der Waals surface area contributed by atoms with E-state index in [2.05, 4.69) is 12.4 Å². The maximum absolute atomic E-state index is 10.9. The molecule has 1 heterocycles. The third-order valence-corrected chi connectivity index (χ3v) is 3.19. The van der Waals surface area contributed by atoms with Crippen molar-refractivity contribution < 1.29 is 9.90 Å². The first-order valence-corrected chi connectivity index (χ1v) is 4.97. The van der Waals surface area contributed by atoms with E-state index in [9.17, 15) is 4.79 Å². The number of carboxylic acid groups (broad SMARTS) is 1. The van der Waals surface area contributed by atoms with Gasteiger partial charge in [-0.3, -0.25) is 4.79 Å². The van der Waals surface area contributed by atoms with Gasteiger partial charge in [0.1, 0.15) is 0 Å². The summed E-state index contributed by atoms with van der Waals surface area (Å²) in [6, 6.07) is 0. The van der Waals surface area contributed by atoms with E-state index in [0.717, 1.165) is 12.8 Å². The van der Waals surface area contributed by atoms with E-state index in [1.165, 1.54) is 11.1 Å². The Morgan fingerprint density at radius 2 is 2.36 bits per heavy atom. The van der Waals surface area contributed by atoms with Gasteiger partial charge in [-0.25, -0.2) is 0 Å². The summed E-state index contributed by atoms with van der Waals surface area (Å²) in [5.74, 6) is -0.742. The first kappa shape index (κ1) is 9.31. The highest BCUT2D eigenvalue weighted by Gasteiger charge is 2.31. The third kappa shape index (κ3) is 1.33. The predicted molar refractivity (Wildman–Crippen MR) is 53.3 cm³/mol. The molecule has 2 atom stereocenters. The highest BCUT2D eigenvalue weighted by Crippen LogP contribution is 2.38. The maximum Gasteiger partial charge on any atom is 0.306 e. The van der Waals surface area contributed by atoms with Gasteiger partial charge >= 0.3 is 5.97 Å². The number of carbonyl (C=O) groups is 1. The summed E-state index contributed by atoms with van der Waals surface area (Å²) in [4.78, 5) is 10.9. The molecule has 2 rings (SSSR count). The molecule has 0 saturated heterocycles. The zero-order valence-corrected chi connectivity index (χ0v) is 8.53. The Morgan fingerprint density at radius 3 is 3.00 bits per heavy atom. The fourth-order valence-corrected chi connectivity index (χ4v) is 2.36. The Bertz CT molecular complexity index is 367. The van der Waals surface area contributed by atoms with Gasteiger partial charge in [-0.15, -0.1) is 0 Å². The van der Waals surface area contributed by atoms with E-state index in [1.54, 1.807) is 6.92 Å². The first-order valence-electron chi connectivity index (χ1n) is 4.97. The quantitative estimate of drug-likeness (QED) is 0.777. The molecule has 1 aliphatic carbocycles. The number of fused-ring (bicyclic) bond motifs is 1. The second-order valence-corrected chi connectivity index (χ2v) is 4.18. The zero-order chi connectivity index (χ0) is 10.3. The molecule has 0 fully saturated rings. The monoisotopic (exact) mass is 193 g/mol. The Kier molecular flexibility index (Phi) is 2.10. The van der Waals surface area contributed by atoms with Gasteiger partial charge < -0.3 is 9.67 Å². The summed E-state index contributed by atoms with van der Waals surface area (Å²) < 4.78 is 2.02. The molecule has 3 heteroatoms. The molecule has 0 spiro atoms. The van der Waals surface area contributed by atoms with Gasteiger partial charge in [-0.1, -0.05) is 6.92 Å². The number of hydrogen-bond donors (Lipinski definition) is 1. The van der Waals surface area contributed by atoms with Crippen molar-refractivity contribution in [2.45, 2.75) is 25.7 Å². The fourth-order valence-electron chi connectivity index (χ4n) is 2.36. The summed E-state index contributed by atoms with van der Waals surface area (Å²) in [5, 5.41) is 8.97. The van der Waals surface area contributed by atoms with E-state index >= 15 is 0 Å². The van der Waals surface area contributed by atoms with Gasteiger partial charge in [-0.2, -0.15) is 0 Å². The van der Waals surface area contributed by atoms with Crippen LogP contribution in [0.15, 0.2) is 12.4 Å². The second kappa shape index (κ2) is 3.15. The lowest BCUT2D eigenvalue weighted by Crippen LogP contribution is -2.17. The summed E-state index contributed by atoms with van der Waals surface area (Å²) in [5.41, 5.74) is 2.56. The van der Waals surface area contributed by atoms with Crippen molar-refractivity contribution >= 4 is 5.97 Å². The average molecular weight is 193 g/mol. The Balaban J connectivity index is 2.29. The molecule has 0 amide bonds. The number of hydrogen-bond acceptors (Lipinski definition) is 1. The van der Waals surface area contributed by atoms with Crippen LogP contribution in [0.25, 0.3) is 0 Å². The van der Waals surface area contributed by atoms with Gasteiger partial charge in [-0.05, 0) is 29.9 Å². The Morgan fingerprint density at radius 1 is 1.64 bits per heavy atom. The van der Waals surface area contributed by atoms with Crippen LogP contribution in [-0.2, 0) is 18.3 Å². The van der Waals surface area contributed by atoms with Crippen molar-refractivity contribution in [3.8, 4) is 0 Å². The first-order chi connectivity index (χ1) is 6.59. The number of aryl methyl sites for hydroxylation is 2. The van der Waals surface area contributed by atoms with Crippen molar-refractivity contribution in [1.82, 2.24) is 4.57 Å². The van der Waals surface area contributed by atoms with Crippen LogP contribution in [0.3, 0.4) is 0 Å². The minimum atomic E-state index is -0.688. The Labute approximate surface area is 83.4 Å². The molecule has 0 bridgehead atoms. The van der Waals surface area contributed by atoms with Gasteiger partial charge in [0.15, 0.2) is 0 Å². The van der Waals surface area contributed by atoms with Gasteiger partial charge in [0, 0.05) is 19.4 Å². The smallest absolute Gasteiger partial charge is 0.306 e. The van der Waals surface area contributed by atoms with Crippen LogP contribution in [0.4, 0.5) is 0 Å². The SMILES string of the molecule is CC(C(=O)O)C1CCc2cn(C)cc21. The van der Waals surface area contributed by atoms with E-state index in [4.69, 9.17) is 5.11 Å². The highest BCUT2D eigenvalue weighted by molar-refractivity contribution is 5.71. The molecule has 1 aliphatic rings. The zero-order valence-electron chi connectivity index (χ0n) is 8.53. The minimum Gasteiger partial charge on any atom is -0.481 e. The second-order valence-electron chi connectivity index (χ2n) is 4.18. The van der Waals surface area contributed by atoms with Crippen molar-refractivity contribution in [2.75, 3.05) is 0 Å². The molecular weight excluding hydrogens is 178 g/mol. The molecule has 76 valence electrons. The standard InChI is InChI=1S/C11H15NO2/c1-7(11(13)14)9-4-3-8-5-12(2)6-10(8)9/h5-7,9H,3-4H2,1-2H3,(H,13,14). The van der Waals surface area contributed by atoms with Gasteiger partial charge in [0.05, 0.1) is 5.92 Å². The van der Waals surface area contributed by atoms with E-state index in [0.29, 0.717) is 0 Å². The molecule has 2 unspecified atom stereocenters. The lowest BCUT2D eigenvalue weighted by molar-refractivity contribution is -0.141. The van der Waals surface area contributed by atoms with Gasteiger partial charge in [0.2, 0.25) is 0 Å². The molecule has 0 saturated carbocycles. The molecule has 1 aromatic rings. The van der Waals surface area contributed by atoms with Crippen LogP contribution in [0, 0.1) is 5.92 Å². The van der Waals surface area contributed by atoms with Crippen molar-refractivity contribution in [1.29, 1.82) is 0 Å². The number of rotatable bonds is 2. The molecule has 1 aromatic heterocycles. The summed E-state index contributed by atoms with van der Waals surface area (Å²) >= 11 is 0. The normalized spacial score (nSPS) is 22.0. The molecule has 0 aromatic carbocycles. The van der Waals surface area contributed by atoms with Crippen LogP contribution in [0.1, 0.15) is 30.4 Å². The number of aromatic nitrogens is 1. The number of carboxylic acids is 1. The van der Waals surface area contributed by atoms with E-state index in [1.807, 2.05) is 11.6 Å². The molecule has 3 nitrogen and oxygen atoms in total. The van der Waals surface area contributed by atoms with Crippen molar-refractivity contribution in [2.24, 2.45) is 13.0 Å². The van der Waals surface area contributed by atoms with Crippen molar-refractivity contribution in [3.63, 3.8) is 0 Å². The molecular formula is C11H15NO2. The van der Waals surface area contributed by atoms with E-state index in [-0.39, 0.29) is 11.8 Å². The minimum absolute atomic E-state index is 0.212. The maximum atomic E-state index is 10.9. The topological polar surface area (TPSA) is 42.2 Å². The third-order valence-electron chi connectivity index (χ3n) is 3.19. The molecule has 1 N–H and O–H groups in total. The molecule has 0 radical (unpaired) electrons. The Hall–Kier alpha value is -1.25. The number of aliphatic carboxylic acids is 1. The predicted octanol–water partition coefficient (Wildman–Crippen LogP) is 1.78. The number of nitrogens with zero attached hydrogens (tertiary/aromatic N) is 1. The fraction of sp³-hybridized carbons (Fsp3) is 0.545.